The highest BCUT2D eigenvalue weighted by molar-refractivity contribution is 7.15. The van der Waals surface area contributed by atoms with E-state index in [-0.39, 0.29) is 18.5 Å². The fourth-order valence-corrected chi connectivity index (χ4v) is 3.15. The molecule has 132 valence electrons. The van der Waals surface area contributed by atoms with Crippen LogP contribution in [0.4, 0.5) is 15.6 Å². The number of carbonyl (C=O) groups excluding carboxylic acids is 2. The molecule has 1 fully saturated rings. The molecule has 0 unspecified atom stereocenters. The number of aryl methyl sites for hydroxylation is 1. The van der Waals surface area contributed by atoms with Crippen LogP contribution in [-0.2, 0) is 4.79 Å². The Bertz CT molecular complexity index is 761. The first kappa shape index (κ1) is 17.2. The summed E-state index contributed by atoms with van der Waals surface area (Å²) < 4.78 is 5.41. The van der Waals surface area contributed by atoms with Gasteiger partial charge in [-0.15, -0.1) is 10.2 Å². The molecule has 9 heteroatoms. The SMILES string of the molecule is CCOc1ccc(N2CCN(CC(=O)Nc3nnc(C)s3)C2=O)cc1. The molecular weight excluding hydrogens is 342 g/mol. The second-order valence-electron chi connectivity index (χ2n) is 5.46. The zero-order valence-corrected chi connectivity index (χ0v) is 14.9. The molecule has 1 aromatic heterocycles. The van der Waals surface area contributed by atoms with E-state index < -0.39 is 0 Å². The summed E-state index contributed by atoms with van der Waals surface area (Å²) in [4.78, 5) is 27.8. The van der Waals surface area contributed by atoms with Gasteiger partial charge in [-0.05, 0) is 38.1 Å². The van der Waals surface area contributed by atoms with Crippen LogP contribution in [0.2, 0.25) is 0 Å². The van der Waals surface area contributed by atoms with E-state index >= 15 is 0 Å². The standard InChI is InChI=1S/C16H19N5O3S/c1-3-24-13-6-4-12(5-7-13)21-9-8-20(16(21)23)10-14(22)17-15-19-18-11(2)25-15/h4-7H,3,8-10H2,1-2H3,(H,17,19,22). The molecule has 1 aliphatic heterocycles. The van der Waals surface area contributed by atoms with Gasteiger partial charge in [-0.25, -0.2) is 4.79 Å². The number of ether oxygens (including phenoxy) is 1. The van der Waals surface area contributed by atoms with Gasteiger partial charge in [-0.1, -0.05) is 11.3 Å². The molecule has 0 spiro atoms. The Hall–Kier alpha value is -2.68. The number of hydrogen-bond donors (Lipinski definition) is 1. The van der Waals surface area contributed by atoms with Crippen LogP contribution >= 0.6 is 11.3 Å². The lowest BCUT2D eigenvalue weighted by Crippen LogP contribution is -2.37. The van der Waals surface area contributed by atoms with Gasteiger partial charge in [0.1, 0.15) is 17.3 Å². The molecule has 3 amide bonds. The molecule has 25 heavy (non-hydrogen) atoms. The highest BCUT2D eigenvalue weighted by atomic mass is 32.1. The quantitative estimate of drug-likeness (QED) is 0.851. The maximum atomic E-state index is 12.5. The van der Waals surface area contributed by atoms with Crippen molar-refractivity contribution in [1.29, 1.82) is 0 Å². The Kier molecular flexibility index (Phi) is 5.13. The summed E-state index contributed by atoms with van der Waals surface area (Å²) in [5, 5.41) is 11.6. The molecule has 0 aliphatic carbocycles. The molecule has 2 heterocycles. The number of amides is 3. The average Bonchev–Trinajstić information content (AvgIpc) is 3.15. The average molecular weight is 361 g/mol. The molecule has 0 bridgehead atoms. The number of anilines is 2. The topological polar surface area (TPSA) is 87.7 Å². The largest absolute Gasteiger partial charge is 0.494 e. The number of carbonyl (C=O) groups is 2. The number of hydrogen-bond acceptors (Lipinski definition) is 6. The van der Waals surface area contributed by atoms with Crippen molar-refractivity contribution in [2.75, 3.05) is 36.5 Å². The smallest absolute Gasteiger partial charge is 0.325 e. The lowest BCUT2D eigenvalue weighted by atomic mass is 10.3. The zero-order chi connectivity index (χ0) is 17.8. The summed E-state index contributed by atoms with van der Waals surface area (Å²) in [6.45, 7) is 5.35. The Balaban J connectivity index is 1.58. The van der Waals surface area contributed by atoms with E-state index in [1.165, 1.54) is 16.2 Å². The lowest BCUT2D eigenvalue weighted by Gasteiger charge is -2.18. The minimum Gasteiger partial charge on any atom is -0.494 e. The second kappa shape index (κ2) is 7.47. The van der Waals surface area contributed by atoms with Gasteiger partial charge in [0.2, 0.25) is 11.0 Å². The Labute approximate surface area is 149 Å². The van der Waals surface area contributed by atoms with Gasteiger partial charge in [0, 0.05) is 18.8 Å². The van der Waals surface area contributed by atoms with Crippen LogP contribution in [0.25, 0.3) is 0 Å². The van der Waals surface area contributed by atoms with Crippen molar-refractivity contribution < 1.29 is 14.3 Å². The van der Waals surface area contributed by atoms with Crippen molar-refractivity contribution in [2.45, 2.75) is 13.8 Å². The highest BCUT2D eigenvalue weighted by Gasteiger charge is 2.31. The van der Waals surface area contributed by atoms with E-state index in [2.05, 4.69) is 15.5 Å². The van der Waals surface area contributed by atoms with E-state index in [0.29, 0.717) is 24.8 Å². The summed E-state index contributed by atoms with van der Waals surface area (Å²) in [6.07, 6.45) is 0. The summed E-state index contributed by atoms with van der Waals surface area (Å²) >= 11 is 1.30. The molecule has 1 saturated heterocycles. The fraction of sp³-hybridized carbons (Fsp3) is 0.375. The minimum absolute atomic E-state index is 0.00894. The Morgan fingerprint density at radius 3 is 2.68 bits per heavy atom. The molecule has 8 nitrogen and oxygen atoms in total. The molecule has 1 aliphatic rings. The molecular formula is C16H19N5O3S. The van der Waals surface area contributed by atoms with Gasteiger partial charge < -0.3 is 9.64 Å². The third-order valence-corrected chi connectivity index (χ3v) is 4.42. The van der Waals surface area contributed by atoms with Crippen LogP contribution in [0.3, 0.4) is 0 Å². The van der Waals surface area contributed by atoms with Crippen molar-refractivity contribution >= 4 is 34.1 Å². The Morgan fingerprint density at radius 2 is 2.04 bits per heavy atom. The van der Waals surface area contributed by atoms with E-state index in [1.54, 1.807) is 4.90 Å². The third-order valence-electron chi connectivity index (χ3n) is 3.66. The summed E-state index contributed by atoms with van der Waals surface area (Å²) in [6, 6.07) is 7.17. The molecule has 1 N–H and O–H groups in total. The van der Waals surface area contributed by atoms with Crippen LogP contribution in [0.1, 0.15) is 11.9 Å². The van der Waals surface area contributed by atoms with Crippen LogP contribution in [0.15, 0.2) is 24.3 Å². The number of nitrogens with zero attached hydrogens (tertiary/aromatic N) is 4. The van der Waals surface area contributed by atoms with E-state index in [1.807, 2.05) is 38.1 Å². The van der Waals surface area contributed by atoms with Gasteiger partial charge in [0.25, 0.3) is 0 Å². The van der Waals surface area contributed by atoms with Gasteiger partial charge in [-0.2, -0.15) is 0 Å². The first-order chi connectivity index (χ1) is 12.1. The van der Waals surface area contributed by atoms with Crippen molar-refractivity contribution in [3.63, 3.8) is 0 Å². The van der Waals surface area contributed by atoms with Gasteiger partial charge >= 0.3 is 6.03 Å². The number of urea groups is 1. The fourth-order valence-electron chi connectivity index (χ4n) is 2.54. The van der Waals surface area contributed by atoms with Crippen molar-refractivity contribution in [3.8, 4) is 5.75 Å². The third kappa shape index (κ3) is 4.05. The first-order valence-corrected chi connectivity index (χ1v) is 8.77. The van der Waals surface area contributed by atoms with Crippen LogP contribution in [-0.4, -0.2) is 53.3 Å². The van der Waals surface area contributed by atoms with Crippen LogP contribution < -0.4 is 15.0 Å². The molecule has 1 aromatic carbocycles. The van der Waals surface area contributed by atoms with Crippen molar-refractivity contribution in [3.05, 3.63) is 29.3 Å². The zero-order valence-electron chi connectivity index (χ0n) is 14.1. The van der Waals surface area contributed by atoms with Gasteiger partial charge in [0.15, 0.2) is 0 Å². The monoisotopic (exact) mass is 361 g/mol. The maximum Gasteiger partial charge on any atom is 0.325 e. The first-order valence-electron chi connectivity index (χ1n) is 7.96. The molecule has 2 aromatic rings. The normalized spacial score (nSPS) is 14.1. The second-order valence-corrected chi connectivity index (χ2v) is 6.64. The predicted octanol–water partition coefficient (Wildman–Crippen LogP) is 2.13. The Morgan fingerprint density at radius 1 is 1.28 bits per heavy atom. The summed E-state index contributed by atoms with van der Waals surface area (Å²) in [5.41, 5.74) is 0.788. The minimum atomic E-state index is -0.280. The highest BCUT2D eigenvalue weighted by Crippen LogP contribution is 2.23. The molecule has 0 atom stereocenters. The number of benzene rings is 1. The summed E-state index contributed by atoms with van der Waals surface area (Å²) in [7, 11) is 0. The van der Waals surface area contributed by atoms with Gasteiger partial charge in [-0.3, -0.25) is 15.0 Å². The summed E-state index contributed by atoms with van der Waals surface area (Å²) in [5.74, 6) is 0.486. The number of aromatic nitrogens is 2. The van der Waals surface area contributed by atoms with E-state index in [9.17, 15) is 9.59 Å². The lowest BCUT2D eigenvalue weighted by molar-refractivity contribution is -0.116. The maximum absolute atomic E-state index is 12.5. The molecule has 0 radical (unpaired) electrons. The van der Waals surface area contributed by atoms with Gasteiger partial charge in [0.05, 0.1) is 6.61 Å². The van der Waals surface area contributed by atoms with Crippen molar-refractivity contribution in [2.24, 2.45) is 0 Å². The van der Waals surface area contributed by atoms with Crippen molar-refractivity contribution in [1.82, 2.24) is 15.1 Å². The number of rotatable bonds is 6. The molecule has 0 saturated carbocycles. The van der Waals surface area contributed by atoms with E-state index in [0.717, 1.165) is 16.4 Å². The number of nitrogens with one attached hydrogen (secondary N) is 1. The van der Waals surface area contributed by atoms with Crippen LogP contribution in [0, 0.1) is 6.92 Å². The molecule has 3 rings (SSSR count). The van der Waals surface area contributed by atoms with E-state index in [4.69, 9.17) is 4.74 Å². The van der Waals surface area contributed by atoms with Crippen LogP contribution in [0.5, 0.6) is 5.75 Å². The predicted molar refractivity (Wildman–Crippen MR) is 95.2 cm³/mol.